The lowest BCUT2D eigenvalue weighted by Crippen LogP contribution is -2.51. The molecule has 0 saturated heterocycles. The van der Waals surface area contributed by atoms with E-state index in [-0.39, 0.29) is 48.0 Å². The van der Waals surface area contributed by atoms with Gasteiger partial charge in [0.1, 0.15) is 17.3 Å². The number of nitrogens with zero attached hydrogens (tertiary/aromatic N) is 1. The van der Waals surface area contributed by atoms with Crippen LogP contribution in [0.4, 0.5) is 9.59 Å². The summed E-state index contributed by atoms with van der Waals surface area (Å²) >= 11 is 0. The summed E-state index contributed by atoms with van der Waals surface area (Å²) in [7, 11) is 0. The molecule has 3 amide bonds. The zero-order valence-electron chi connectivity index (χ0n) is 45.4. The Morgan fingerprint density at radius 1 is 0.716 bits per heavy atom. The Labute approximate surface area is 409 Å². The molecule has 2 N–H and O–H groups in total. The fourth-order valence-corrected chi connectivity index (χ4v) is 13.3. The largest absolute Gasteiger partial charge is 0.462 e. The minimum Gasteiger partial charge on any atom is -0.462 e. The predicted molar refractivity (Wildman–Crippen MR) is 273 cm³/mol. The number of allylic oxidation sites excluding steroid dienone is 1. The molecule has 3 saturated carbocycles. The van der Waals surface area contributed by atoms with Crippen LogP contribution in [0, 0.1) is 52.3 Å². The van der Waals surface area contributed by atoms with Gasteiger partial charge in [0.25, 0.3) is 0 Å². The van der Waals surface area contributed by atoms with Crippen LogP contribution in [0.5, 0.6) is 0 Å². The van der Waals surface area contributed by atoms with Gasteiger partial charge < -0.3 is 29.7 Å². The molecule has 3 fully saturated rings. The van der Waals surface area contributed by atoms with Crippen molar-refractivity contribution in [3.63, 3.8) is 0 Å². The van der Waals surface area contributed by atoms with Gasteiger partial charge in [0.15, 0.2) is 0 Å². The second-order valence-corrected chi connectivity index (χ2v) is 25.0. The van der Waals surface area contributed by atoms with E-state index in [1.807, 2.05) is 60.3 Å². The van der Waals surface area contributed by atoms with Crippen LogP contribution < -0.4 is 10.6 Å². The highest BCUT2D eigenvalue weighted by molar-refractivity contribution is 5.77. The maximum atomic E-state index is 13.7. The molecule has 4 aliphatic carbocycles. The molecule has 10 heteroatoms. The summed E-state index contributed by atoms with van der Waals surface area (Å²) in [4.78, 5) is 53.5. The van der Waals surface area contributed by atoms with Crippen molar-refractivity contribution >= 4 is 24.1 Å². The molecular formula is C57H101N3O7. The van der Waals surface area contributed by atoms with Gasteiger partial charge in [-0.25, -0.2) is 9.59 Å². The molecule has 10 nitrogen and oxygen atoms in total. The first kappa shape index (κ1) is 56.8. The number of carbonyl (C=O) groups excluding carboxylic acids is 4. The van der Waals surface area contributed by atoms with Crippen molar-refractivity contribution in [3.05, 3.63) is 11.6 Å². The topological polar surface area (TPSA) is 123 Å². The highest BCUT2D eigenvalue weighted by Crippen LogP contribution is 2.67. The van der Waals surface area contributed by atoms with Gasteiger partial charge in [-0.2, -0.15) is 0 Å². The van der Waals surface area contributed by atoms with E-state index in [1.54, 1.807) is 0 Å². The van der Waals surface area contributed by atoms with E-state index in [1.165, 1.54) is 56.9 Å². The van der Waals surface area contributed by atoms with E-state index < -0.39 is 17.3 Å². The van der Waals surface area contributed by atoms with Gasteiger partial charge in [-0.1, -0.05) is 91.7 Å². The summed E-state index contributed by atoms with van der Waals surface area (Å²) in [5.41, 5.74) is 1.10. The highest BCUT2D eigenvalue weighted by Gasteiger charge is 2.59. The molecule has 11 atom stereocenters. The minimum absolute atomic E-state index is 0.0394. The van der Waals surface area contributed by atoms with Crippen LogP contribution in [0.3, 0.4) is 0 Å². The Kier molecular flexibility index (Phi) is 21.5. The van der Waals surface area contributed by atoms with Crippen LogP contribution in [-0.2, 0) is 23.8 Å². The van der Waals surface area contributed by atoms with Crippen LogP contribution in [0.25, 0.3) is 0 Å². The molecule has 2 unspecified atom stereocenters. The number of unbranched alkanes of at least 4 members (excludes halogenated alkanes) is 4. The Morgan fingerprint density at radius 2 is 1.34 bits per heavy atom. The van der Waals surface area contributed by atoms with Gasteiger partial charge in [0, 0.05) is 44.4 Å². The first-order valence-electron chi connectivity index (χ1n) is 27.5. The molecule has 0 aromatic carbocycles. The van der Waals surface area contributed by atoms with Crippen molar-refractivity contribution in [1.29, 1.82) is 0 Å². The average molecular weight is 940 g/mol. The number of carbonyl (C=O) groups is 4. The normalized spacial score (nSPS) is 27.9. The second-order valence-electron chi connectivity index (χ2n) is 25.0. The molecule has 0 aromatic rings. The molecule has 4 rings (SSSR count). The van der Waals surface area contributed by atoms with Crippen LogP contribution in [0.1, 0.15) is 232 Å². The highest BCUT2D eigenvalue weighted by atomic mass is 16.6. The van der Waals surface area contributed by atoms with Gasteiger partial charge in [-0.3, -0.25) is 9.59 Å². The third kappa shape index (κ3) is 17.2. The van der Waals surface area contributed by atoms with Crippen LogP contribution in [0.15, 0.2) is 11.6 Å². The van der Waals surface area contributed by atoms with Crippen molar-refractivity contribution < 1.29 is 33.4 Å². The number of esters is 1. The van der Waals surface area contributed by atoms with E-state index in [0.29, 0.717) is 37.8 Å². The van der Waals surface area contributed by atoms with Crippen molar-refractivity contribution in [3.8, 4) is 0 Å². The number of ether oxygens (including phenoxy) is 3. The Hall–Kier alpha value is -2.78. The summed E-state index contributed by atoms with van der Waals surface area (Å²) in [6.45, 7) is 31.2. The van der Waals surface area contributed by atoms with Gasteiger partial charge in [-0.05, 0) is 185 Å². The Bertz CT molecular complexity index is 1610. The van der Waals surface area contributed by atoms with Gasteiger partial charge in [0.2, 0.25) is 5.91 Å². The lowest BCUT2D eigenvalue weighted by Gasteiger charge is -2.58. The van der Waals surface area contributed by atoms with Crippen molar-refractivity contribution in [2.75, 3.05) is 13.1 Å². The minimum atomic E-state index is -0.587. The number of amides is 3. The molecular weight excluding hydrogens is 839 g/mol. The van der Waals surface area contributed by atoms with Crippen LogP contribution in [0.2, 0.25) is 0 Å². The summed E-state index contributed by atoms with van der Waals surface area (Å²) in [5, 5.41) is 5.83. The molecule has 0 aromatic heterocycles. The van der Waals surface area contributed by atoms with E-state index in [0.717, 1.165) is 99.2 Å². The lowest BCUT2D eigenvalue weighted by molar-refractivity contribution is -0.151. The van der Waals surface area contributed by atoms with E-state index >= 15 is 0 Å². The van der Waals surface area contributed by atoms with Crippen LogP contribution in [-0.4, -0.2) is 71.4 Å². The predicted octanol–water partition coefficient (Wildman–Crippen LogP) is 14.1. The zero-order valence-corrected chi connectivity index (χ0v) is 45.4. The number of fused-ring (bicyclic) bond motifs is 5. The Morgan fingerprint density at radius 3 is 1.97 bits per heavy atom. The first-order valence-corrected chi connectivity index (χ1v) is 27.5. The third-order valence-electron chi connectivity index (χ3n) is 17.1. The van der Waals surface area contributed by atoms with Crippen molar-refractivity contribution in [2.24, 2.45) is 52.3 Å². The van der Waals surface area contributed by atoms with E-state index in [9.17, 15) is 19.2 Å². The molecule has 67 heavy (non-hydrogen) atoms. The summed E-state index contributed by atoms with van der Waals surface area (Å²) in [6, 6.07) is -0.127. The maximum absolute atomic E-state index is 13.7. The molecule has 386 valence electrons. The number of hydrogen-bond donors (Lipinski definition) is 2. The zero-order chi connectivity index (χ0) is 49.7. The maximum Gasteiger partial charge on any atom is 0.407 e. The number of hydrogen-bond acceptors (Lipinski definition) is 7. The first-order chi connectivity index (χ1) is 31.3. The van der Waals surface area contributed by atoms with Crippen molar-refractivity contribution in [1.82, 2.24) is 15.5 Å². The molecule has 0 spiro atoms. The molecule has 0 radical (unpaired) electrons. The fraction of sp³-hybridized carbons (Fsp3) is 0.895. The second kappa shape index (κ2) is 25.4. The molecule has 0 aliphatic heterocycles. The molecule has 0 bridgehead atoms. The van der Waals surface area contributed by atoms with Crippen molar-refractivity contribution in [2.45, 2.75) is 261 Å². The van der Waals surface area contributed by atoms with Gasteiger partial charge in [-0.15, -0.1) is 0 Å². The monoisotopic (exact) mass is 940 g/mol. The van der Waals surface area contributed by atoms with E-state index in [4.69, 9.17) is 14.2 Å². The smallest absolute Gasteiger partial charge is 0.407 e. The summed E-state index contributed by atoms with van der Waals surface area (Å²) in [6.07, 6.45) is 22.7. The number of nitrogens with one attached hydrogen (secondary N) is 2. The summed E-state index contributed by atoms with van der Waals surface area (Å²) in [5.74, 6) is 5.47. The standard InChI is InChI=1S/C57H101N3O7/c1-15-43(39(2)3)26-25-40(4)47-29-30-48-46-28-27-44-38-45(31-34-56(44,13)49(46)32-35-57(47,48)14)65-51(62)24-21-23-50(61)60(37-33-42(6)59-53(64)67-55(10,11)12)36-20-18-16-17-19-22-41(5)58-52(63)66-54(7,8)9/h27,39-43,45-49H,15-26,28-38H2,1-14H3,(H,58,63)(H,59,64)/t40-,41?,42?,43-,45+,46+,47-,48+,49+,56+,57-/m1/s1. The quantitative estimate of drug-likeness (QED) is 0.0427. The summed E-state index contributed by atoms with van der Waals surface area (Å²) < 4.78 is 17.0. The van der Waals surface area contributed by atoms with Crippen LogP contribution >= 0.6 is 0 Å². The molecule has 0 heterocycles. The SMILES string of the molecule is CC[C@H](CC[C@@H](C)[C@H]1CC[C@H]2[C@@H]3CC=C4C[C@@H](OC(=O)CCCC(=O)N(CCCCCCCC(C)NC(=O)OC(C)(C)C)CCC(C)NC(=O)OC(C)(C)C)CC[C@]4(C)[C@H]3CC[C@]12C)C(C)C. The lowest BCUT2D eigenvalue weighted by atomic mass is 9.47. The molecule has 4 aliphatic rings. The number of alkyl carbamates (subject to hydrolysis) is 2. The van der Waals surface area contributed by atoms with E-state index in [2.05, 4.69) is 58.3 Å². The van der Waals surface area contributed by atoms with Gasteiger partial charge >= 0.3 is 18.2 Å². The number of rotatable bonds is 24. The van der Waals surface area contributed by atoms with Gasteiger partial charge in [0.05, 0.1) is 0 Å². The Balaban J connectivity index is 1.23. The third-order valence-corrected chi connectivity index (χ3v) is 17.1. The fourth-order valence-electron chi connectivity index (χ4n) is 13.3. The average Bonchev–Trinajstić information content (AvgIpc) is 3.57.